The predicted octanol–water partition coefficient (Wildman–Crippen LogP) is 6.53. The molecule has 0 bridgehead atoms. The van der Waals surface area contributed by atoms with E-state index in [0.717, 1.165) is 16.3 Å². The summed E-state index contributed by atoms with van der Waals surface area (Å²) in [6.07, 6.45) is 1.70. The highest BCUT2D eigenvalue weighted by Gasteiger charge is 2.11. The molecule has 0 aliphatic carbocycles. The minimum atomic E-state index is -0.452. The summed E-state index contributed by atoms with van der Waals surface area (Å²) in [6.45, 7) is 0.193. The summed E-state index contributed by atoms with van der Waals surface area (Å²) >= 11 is 0. The number of non-ortho nitro benzene ring substituents is 1. The van der Waals surface area contributed by atoms with Crippen LogP contribution in [0, 0.1) is 27.3 Å². The van der Waals surface area contributed by atoms with Crippen molar-refractivity contribution in [1.82, 2.24) is 0 Å². The molecule has 32 heavy (non-hydrogen) atoms. The molecule has 0 spiro atoms. The van der Waals surface area contributed by atoms with E-state index >= 15 is 0 Å². The molecule has 4 rings (SSSR count). The van der Waals surface area contributed by atoms with Crippen LogP contribution in [0.1, 0.15) is 16.7 Å². The smallest absolute Gasteiger partial charge is 0.269 e. The van der Waals surface area contributed by atoms with Crippen molar-refractivity contribution in [2.45, 2.75) is 6.61 Å². The average molecular weight is 424 g/mol. The molecule has 0 N–H and O–H groups in total. The number of nitro benzene ring substituents is 1. The summed E-state index contributed by atoms with van der Waals surface area (Å²) in [5.74, 6) is 0.127. The highest BCUT2D eigenvalue weighted by atomic mass is 19.1. The largest absolute Gasteiger partial charge is 0.488 e. The first-order chi connectivity index (χ1) is 15.5. The Morgan fingerprint density at radius 3 is 2.53 bits per heavy atom. The molecule has 0 amide bonds. The van der Waals surface area contributed by atoms with Gasteiger partial charge < -0.3 is 4.74 Å². The fourth-order valence-electron chi connectivity index (χ4n) is 3.41. The Kier molecular flexibility index (Phi) is 5.91. The molecule has 0 aliphatic heterocycles. The second-order valence-electron chi connectivity index (χ2n) is 7.09. The molecular weight excluding hydrogens is 407 g/mol. The van der Waals surface area contributed by atoms with Gasteiger partial charge in [0.2, 0.25) is 0 Å². The molecule has 0 saturated heterocycles. The Hall–Kier alpha value is -4.50. The van der Waals surface area contributed by atoms with Crippen molar-refractivity contribution in [1.29, 1.82) is 5.26 Å². The van der Waals surface area contributed by atoms with Crippen molar-refractivity contribution in [2.24, 2.45) is 0 Å². The van der Waals surface area contributed by atoms with Gasteiger partial charge in [0.15, 0.2) is 0 Å². The molecular formula is C26H17FN2O3. The first-order valence-corrected chi connectivity index (χ1v) is 9.81. The summed E-state index contributed by atoms with van der Waals surface area (Å²) < 4.78 is 19.8. The maximum absolute atomic E-state index is 13.7. The third kappa shape index (κ3) is 4.47. The Bertz CT molecular complexity index is 1370. The number of ether oxygens (including phenoxy) is 1. The van der Waals surface area contributed by atoms with Gasteiger partial charge in [0.25, 0.3) is 5.69 Å². The molecule has 0 saturated carbocycles. The summed E-state index contributed by atoms with van der Waals surface area (Å²) in [6, 6.07) is 25.6. The number of rotatable bonds is 6. The summed E-state index contributed by atoms with van der Waals surface area (Å²) in [5, 5.41) is 22.4. The Balaban J connectivity index is 1.74. The van der Waals surface area contributed by atoms with E-state index in [1.165, 1.54) is 24.3 Å². The number of nitrogens with zero attached hydrogens (tertiary/aromatic N) is 2. The van der Waals surface area contributed by atoms with Gasteiger partial charge in [0.05, 0.1) is 16.6 Å². The standard InChI is InChI=1S/C26H17FN2O3/c27-22-6-3-5-20(14-22)21(16-28)15-25-24-7-2-1-4-19(24)10-13-26(25)32-17-18-8-11-23(12-9-18)29(30)31/h1-15H,17H2/b21-15-. The van der Waals surface area contributed by atoms with Crippen molar-refractivity contribution in [3.8, 4) is 11.8 Å². The van der Waals surface area contributed by atoms with Crippen molar-refractivity contribution < 1.29 is 14.1 Å². The second kappa shape index (κ2) is 9.11. The maximum Gasteiger partial charge on any atom is 0.269 e. The van der Waals surface area contributed by atoms with Gasteiger partial charge in [-0.2, -0.15) is 5.26 Å². The number of nitriles is 1. The van der Waals surface area contributed by atoms with Gasteiger partial charge in [0.1, 0.15) is 18.2 Å². The van der Waals surface area contributed by atoms with E-state index in [1.54, 1.807) is 30.3 Å². The third-order valence-corrected chi connectivity index (χ3v) is 5.02. The van der Waals surface area contributed by atoms with Crippen LogP contribution < -0.4 is 4.74 Å². The number of allylic oxidation sites excluding steroid dienone is 1. The van der Waals surface area contributed by atoms with Crippen LogP contribution in [0.3, 0.4) is 0 Å². The Labute approximate surface area is 183 Å². The number of nitro groups is 1. The van der Waals surface area contributed by atoms with E-state index in [0.29, 0.717) is 22.4 Å². The minimum Gasteiger partial charge on any atom is -0.488 e. The molecule has 0 radical (unpaired) electrons. The molecule has 5 nitrogen and oxygen atoms in total. The first kappa shape index (κ1) is 20.8. The van der Waals surface area contributed by atoms with Crippen molar-refractivity contribution in [3.63, 3.8) is 0 Å². The molecule has 4 aromatic rings. The number of hydrogen-bond donors (Lipinski definition) is 0. The first-order valence-electron chi connectivity index (χ1n) is 9.81. The normalized spacial score (nSPS) is 11.2. The Morgan fingerprint density at radius 1 is 1.03 bits per heavy atom. The molecule has 156 valence electrons. The van der Waals surface area contributed by atoms with Crippen LogP contribution in [-0.4, -0.2) is 4.92 Å². The van der Waals surface area contributed by atoms with Gasteiger partial charge in [-0.1, -0.05) is 42.5 Å². The molecule has 0 heterocycles. The monoisotopic (exact) mass is 424 g/mol. The molecule has 6 heteroatoms. The number of hydrogen-bond acceptors (Lipinski definition) is 4. The fraction of sp³-hybridized carbons (Fsp3) is 0.0385. The van der Waals surface area contributed by atoms with E-state index in [1.807, 2.05) is 36.4 Å². The van der Waals surface area contributed by atoms with Crippen LogP contribution in [0.2, 0.25) is 0 Å². The minimum absolute atomic E-state index is 0.0110. The summed E-state index contributed by atoms with van der Waals surface area (Å²) in [7, 11) is 0. The number of fused-ring (bicyclic) bond motifs is 1. The van der Waals surface area contributed by atoms with E-state index < -0.39 is 10.7 Å². The quantitative estimate of drug-likeness (QED) is 0.153. The van der Waals surface area contributed by atoms with Crippen LogP contribution in [0.15, 0.2) is 84.9 Å². The van der Waals surface area contributed by atoms with Gasteiger partial charge in [-0.3, -0.25) is 10.1 Å². The van der Waals surface area contributed by atoms with Gasteiger partial charge in [-0.05, 0) is 58.3 Å². The van der Waals surface area contributed by atoms with Crippen LogP contribution in [0.4, 0.5) is 10.1 Å². The highest BCUT2D eigenvalue weighted by molar-refractivity contribution is 6.00. The fourth-order valence-corrected chi connectivity index (χ4v) is 3.41. The average Bonchev–Trinajstić information content (AvgIpc) is 2.81. The Morgan fingerprint density at radius 2 is 1.81 bits per heavy atom. The molecule has 0 fully saturated rings. The zero-order chi connectivity index (χ0) is 22.5. The number of halogens is 1. The van der Waals surface area contributed by atoms with E-state index in [-0.39, 0.29) is 12.3 Å². The third-order valence-electron chi connectivity index (χ3n) is 5.02. The predicted molar refractivity (Wildman–Crippen MR) is 121 cm³/mol. The second-order valence-corrected chi connectivity index (χ2v) is 7.09. The van der Waals surface area contributed by atoms with Crippen molar-refractivity contribution in [2.75, 3.05) is 0 Å². The summed E-state index contributed by atoms with van der Waals surface area (Å²) in [4.78, 5) is 10.4. The van der Waals surface area contributed by atoms with Crippen LogP contribution in [0.5, 0.6) is 5.75 Å². The van der Waals surface area contributed by atoms with Gasteiger partial charge in [-0.15, -0.1) is 0 Å². The summed E-state index contributed by atoms with van der Waals surface area (Å²) in [5.41, 5.74) is 2.26. The molecule has 4 aromatic carbocycles. The van der Waals surface area contributed by atoms with Gasteiger partial charge in [0, 0.05) is 17.7 Å². The zero-order valence-electron chi connectivity index (χ0n) is 16.9. The molecule has 0 aliphatic rings. The van der Waals surface area contributed by atoms with Crippen molar-refractivity contribution >= 4 is 28.1 Å². The maximum atomic E-state index is 13.7. The van der Waals surface area contributed by atoms with E-state index in [9.17, 15) is 19.8 Å². The topological polar surface area (TPSA) is 76.2 Å². The lowest BCUT2D eigenvalue weighted by molar-refractivity contribution is -0.384. The zero-order valence-corrected chi connectivity index (χ0v) is 16.9. The highest BCUT2D eigenvalue weighted by Crippen LogP contribution is 2.32. The molecule has 0 aromatic heterocycles. The molecule has 0 unspecified atom stereocenters. The van der Waals surface area contributed by atoms with Crippen LogP contribution in [-0.2, 0) is 6.61 Å². The van der Waals surface area contributed by atoms with Gasteiger partial charge in [-0.25, -0.2) is 4.39 Å². The van der Waals surface area contributed by atoms with Crippen LogP contribution in [0.25, 0.3) is 22.4 Å². The SMILES string of the molecule is N#C/C(=C/c1c(OCc2ccc([N+](=O)[O-])cc2)ccc2ccccc12)c1cccc(F)c1. The number of benzene rings is 4. The van der Waals surface area contributed by atoms with E-state index in [2.05, 4.69) is 6.07 Å². The van der Waals surface area contributed by atoms with Crippen LogP contribution >= 0.6 is 0 Å². The molecule has 0 atom stereocenters. The lowest BCUT2D eigenvalue weighted by atomic mass is 9.98. The van der Waals surface area contributed by atoms with Crippen molar-refractivity contribution in [3.05, 3.63) is 118 Å². The van der Waals surface area contributed by atoms with E-state index in [4.69, 9.17) is 4.74 Å². The lowest BCUT2D eigenvalue weighted by Gasteiger charge is -2.13. The lowest BCUT2D eigenvalue weighted by Crippen LogP contribution is -1.98. The van der Waals surface area contributed by atoms with Gasteiger partial charge >= 0.3 is 0 Å².